The van der Waals surface area contributed by atoms with Gasteiger partial charge in [-0.1, -0.05) is 6.08 Å². The van der Waals surface area contributed by atoms with Gasteiger partial charge < -0.3 is 25.1 Å². The first kappa shape index (κ1) is 21.2. The highest BCUT2D eigenvalue weighted by atomic mass is 16.3. The van der Waals surface area contributed by atoms with Crippen LogP contribution in [-0.4, -0.2) is 77.8 Å². The highest BCUT2D eigenvalue weighted by molar-refractivity contribution is 5.95. The molecule has 2 saturated heterocycles. The number of nitrogens with zero attached hydrogens (tertiary/aromatic N) is 5. The summed E-state index contributed by atoms with van der Waals surface area (Å²) in [5.41, 5.74) is 8.08. The van der Waals surface area contributed by atoms with Crippen LogP contribution in [0.5, 0.6) is 0 Å². The molecule has 2 atom stereocenters. The largest absolute Gasteiger partial charge is 0.390 e. The monoisotopic (exact) mass is 454 g/mol. The van der Waals surface area contributed by atoms with Crippen LogP contribution in [0.4, 0.5) is 5.69 Å². The van der Waals surface area contributed by atoms with Gasteiger partial charge in [0.15, 0.2) is 0 Å². The summed E-state index contributed by atoms with van der Waals surface area (Å²) in [6.07, 6.45) is 7.04. The van der Waals surface area contributed by atoms with E-state index in [9.17, 15) is 10.4 Å². The lowest BCUT2D eigenvalue weighted by Gasteiger charge is -2.42. The number of piperazine rings is 1. The Morgan fingerprint density at radius 1 is 1.18 bits per heavy atom. The number of aromatic nitrogens is 1. The zero-order valence-corrected chi connectivity index (χ0v) is 19.5. The van der Waals surface area contributed by atoms with Crippen molar-refractivity contribution in [3.05, 3.63) is 70.7 Å². The predicted molar refractivity (Wildman–Crippen MR) is 133 cm³/mol. The molecule has 7 nitrogen and oxygen atoms in total. The zero-order valence-electron chi connectivity index (χ0n) is 19.5. The number of nitriles is 1. The highest BCUT2D eigenvalue weighted by Gasteiger charge is 2.37. The van der Waals surface area contributed by atoms with Gasteiger partial charge >= 0.3 is 0 Å². The Balaban J connectivity index is 1.31. The molecule has 7 heteroatoms. The van der Waals surface area contributed by atoms with E-state index in [1.807, 2.05) is 12.1 Å². The number of aliphatic hydroxyl groups excluding tert-OH is 1. The minimum Gasteiger partial charge on any atom is -0.390 e. The number of rotatable bonds is 2. The van der Waals surface area contributed by atoms with Crippen molar-refractivity contribution < 1.29 is 5.11 Å². The molecule has 2 fully saturated rings. The van der Waals surface area contributed by atoms with Crippen LogP contribution >= 0.6 is 0 Å². The van der Waals surface area contributed by atoms with Crippen molar-refractivity contribution >= 4 is 16.6 Å². The topological polar surface area (TPSA) is 78.7 Å². The number of hydrogen-bond donors (Lipinski definition) is 2. The van der Waals surface area contributed by atoms with Gasteiger partial charge in [0.2, 0.25) is 0 Å². The summed E-state index contributed by atoms with van der Waals surface area (Å²) in [5, 5.41) is 24.1. The molecule has 1 unspecified atom stereocenters. The molecule has 2 aromatic rings. The molecule has 0 bridgehead atoms. The Morgan fingerprint density at radius 2 is 2.09 bits per heavy atom. The molecule has 1 aromatic heterocycles. The molecule has 6 rings (SSSR count). The Morgan fingerprint density at radius 3 is 2.97 bits per heavy atom. The molecule has 0 saturated carbocycles. The fraction of sp³-hybridized carbons (Fsp3) is 0.407. The molecule has 1 aromatic carbocycles. The van der Waals surface area contributed by atoms with E-state index in [1.54, 1.807) is 6.20 Å². The summed E-state index contributed by atoms with van der Waals surface area (Å²) in [4.78, 5) is 11.8. The number of fused-ring (bicyclic) bond motifs is 3. The zero-order chi connectivity index (χ0) is 23.2. The summed E-state index contributed by atoms with van der Waals surface area (Å²) < 4.78 is 0. The number of nitrogens with one attached hydrogen (secondary N) is 1. The van der Waals surface area contributed by atoms with E-state index in [4.69, 9.17) is 0 Å². The number of anilines is 1. The third-order valence-corrected chi connectivity index (χ3v) is 7.56. The first-order valence-corrected chi connectivity index (χ1v) is 12.2. The summed E-state index contributed by atoms with van der Waals surface area (Å²) in [5.74, 6) is 0. The van der Waals surface area contributed by atoms with Gasteiger partial charge in [-0.15, -0.1) is 0 Å². The van der Waals surface area contributed by atoms with E-state index < -0.39 is 0 Å². The smallest absolute Gasteiger partial charge is 0.101 e. The third-order valence-electron chi connectivity index (χ3n) is 7.56. The number of benzene rings is 1. The second-order valence-electron chi connectivity index (χ2n) is 9.73. The minimum atomic E-state index is -0.332. The lowest BCUT2D eigenvalue weighted by molar-refractivity contribution is 0.146. The number of aliphatic hydroxyl groups is 1. The number of hydrogen-bond acceptors (Lipinski definition) is 7. The van der Waals surface area contributed by atoms with Crippen LogP contribution < -0.4 is 10.2 Å². The highest BCUT2D eigenvalue weighted by Crippen LogP contribution is 2.40. The molecule has 2 N–H and O–H groups in total. The average Bonchev–Trinajstić information content (AvgIpc) is 3.09. The van der Waals surface area contributed by atoms with Gasteiger partial charge in [-0.2, -0.15) is 5.26 Å². The lowest BCUT2D eigenvalue weighted by Crippen LogP contribution is -2.49. The van der Waals surface area contributed by atoms with Crippen LogP contribution in [0.3, 0.4) is 0 Å². The van der Waals surface area contributed by atoms with Crippen molar-refractivity contribution in [1.29, 1.82) is 5.26 Å². The van der Waals surface area contributed by atoms with Gasteiger partial charge in [-0.05, 0) is 54.8 Å². The molecule has 0 spiro atoms. The minimum absolute atomic E-state index is 0.332. The van der Waals surface area contributed by atoms with E-state index in [1.165, 1.54) is 22.5 Å². The van der Waals surface area contributed by atoms with Crippen molar-refractivity contribution in [2.24, 2.45) is 0 Å². The Hall–Kier alpha value is -3.34. The van der Waals surface area contributed by atoms with Crippen molar-refractivity contribution in [1.82, 2.24) is 20.1 Å². The van der Waals surface area contributed by atoms with Gasteiger partial charge in [0.05, 0.1) is 23.7 Å². The SMILES string of the molecule is C[C@@H]1CN(c2ccc(C#N)c3ncccc23)CC2=C3CC=C(N4CCNCC(O)C4)C=C3CN21. The van der Waals surface area contributed by atoms with E-state index in [2.05, 4.69) is 62.3 Å². The van der Waals surface area contributed by atoms with Gasteiger partial charge in [-0.25, -0.2) is 0 Å². The van der Waals surface area contributed by atoms with E-state index >= 15 is 0 Å². The standard InChI is InChI=1S/C27H30N6O/c1-18-14-32(25-7-4-19(12-28)27-24(25)3-2-8-30-27)17-26-23-6-5-21(11-20(23)15-33(18)26)31-10-9-29-13-22(34)16-31/h2-5,7-8,11,18,22,29,34H,6,9-10,13-17H2,1H3/t18-,22?/m1/s1. The molecule has 3 aliphatic heterocycles. The maximum Gasteiger partial charge on any atom is 0.101 e. The van der Waals surface area contributed by atoms with Crippen LogP contribution in [0.25, 0.3) is 10.9 Å². The second kappa shape index (κ2) is 8.46. The van der Waals surface area contributed by atoms with Gasteiger partial charge in [0, 0.05) is 74.0 Å². The average molecular weight is 455 g/mol. The van der Waals surface area contributed by atoms with Gasteiger partial charge in [0.25, 0.3) is 0 Å². The third kappa shape index (κ3) is 3.54. The molecule has 1 aliphatic carbocycles. The summed E-state index contributed by atoms with van der Waals surface area (Å²) in [7, 11) is 0. The fourth-order valence-corrected chi connectivity index (χ4v) is 5.88. The van der Waals surface area contributed by atoms with Crippen molar-refractivity contribution in [3.8, 4) is 6.07 Å². The fourth-order valence-electron chi connectivity index (χ4n) is 5.88. The molecule has 4 heterocycles. The summed E-state index contributed by atoms with van der Waals surface area (Å²) >= 11 is 0. The molecular weight excluding hydrogens is 424 g/mol. The first-order chi connectivity index (χ1) is 16.6. The second-order valence-corrected chi connectivity index (χ2v) is 9.73. The van der Waals surface area contributed by atoms with Crippen LogP contribution in [0.2, 0.25) is 0 Å². The predicted octanol–water partition coefficient (Wildman–Crippen LogP) is 2.36. The van der Waals surface area contributed by atoms with E-state index in [0.717, 1.165) is 55.7 Å². The van der Waals surface area contributed by atoms with Crippen LogP contribution in [0.1, 0.15) is 18.9 Å². The Bertz CT molecular complexity index is 1270. The molecule has 4 aliphatic rings. The molecular formula is C27H30N6O. The lowest BCUT2D eigenvalue weighted by atomic mass is 9.96. The normalized spacial score (nSPS) is 24.9. The quantitative estimate of drug-likeness (QED) is 0.721. The van der Waals surface area contributed by atoms with Crippen molar-refractivity contribution in [2.45, 2.75) is 25.5 Å². The van der Waals surface area contributed by atoms with Gasteiger partial charge in [-0.3, -0.25) is 4.98 Å². The van der Waals surface area contributed by atoms with E-state index in [0.29, 0.717) is 24.7 Å². The van der Waals surface area contributed by atoms with Crippen LogP contribution in [0, 0.1) is 11.3 Å². The Kier molecular flexibility index (Phi) is 5.28. The Labute approximate surface area is 200 Å². The number of allylic oxidation sites excluding steroid dienone is 2. The van der Waals surface area contributed by atoms with Gasteiger partial charge in [0.1, 0.15) is 6.07 Å². The number of β-amino-alcohol motifs (C(OH)–C–C–N with tert-alkyl or cyclic N) is 1. The van der Waals surface area contributed by atoms with Crippen molar-refractivity contribution in [2.75, 3.05) is 50.7 Å². The van der Waals surface area contributed by atoms with Crippen LogP contribution in [0.15, 0.2) is 65.2 Å². The number of pyridine rings is 1. The molecule has 34 heavy (non-hydrogen) atoms. The molecule has 174 valence electrons. The summed E-state index contributed by atoms with van der Waals surface area (Å²) in [6, 6.07) is 10.7. The molecule has 0 amide bonds. The van der Waals surface area contributed by atoms with Crippen LogP contribution in [-0.2, 0) is 0 Å². The summed E-state index contributed by atoms with van der Waals surface area (Å²) in [6.45, 7) is 8.23. The maximum atomic E-state index is 10.2. The first-order valence-electron chi connectivity index (χ1n) is 12.2. The van der Waals surface area contributed by atoms with Crippen molar-refractivity contribution in [3.63, 3.8) is 0 Å². The van der Waals surface area contributed by atoms with E-state index in [-0.39, 0.29) is 6.10 Å². The maximum absolute atomic E-state index is 10.2. The molecule has 0 radical (unpaired) electrons.